The molecule has 0 amide bonds. The second-order valence-corrected chi connectivity index (χ2v) is 3.95. The van der Waals surface area contributed by atoms with Gasteiger partial charge in [-0.3, -0.25) is 15.5 Å². The average Bonchev–Trinajstić information content (AvgIpc) is 2.48. The number of nitro groups is 1. The van der Waals surface area contributed by atoms with Gasteiger partial charge in [0.25, 0.3) is 5.69 Å². The highest BCUT2D eigenvalue weighted by Gasteiger charge is 2.02. The van der Waals surface area contributed by atoms with Crippen LogP contribution in [0, 0.1) is 10.1 Å². The van der Waals surface area contributed by atoms with Crippen molar-refractivity contribution >= 4 is 17.6 Å². The molecule has 0 atom stereocenters. The smallest absolute Gasteiger partial charge is 0.269 e. The molecule has 0 aromatic heterocycles. The molecule has 0 saturated carbocycles. The molecule has 0 spiro atoms. The van der Waals surface area contributed by atoms with Crippen LogP contribution in [0.5, 0.6) is 5.75 Å². The van der Waals surface area contributed by atoms with Crippen LogP contribution in [0.25, 0.3) is 0 Å². The number of nitro benzene ring substituents is 1. The van der Waals surface area contributed by atoms with Crippen molar-refractivity contribution in [3.8, 4) is 5.75 Å². The lowest BCUT2D eigenvalue weighted by Crippen LogP contribution is -1.92. The lowest BCUT2D eigenvalue weighted by atomic mass is 10.2. The Hall–Kier alpha value is -2.89. The maximum Gasteiger partial charge on any atom is 0.269 e. The Kier molecular flexibility index (Phi) is 4.28. The molecule has 0 aliphatic rings. The zero-order valence-electron chi connectivity index (χ0n) is 10.8. The normalized spacial score (nSPS) is 10.4. The van der Waals surface area contributed by atoms with Crippen molar-refractivity contribution < 1.29 is 9.66 Å². The summed E-state index contributed by atoms with van der Waals surface area (Å²) in [5.74, 6) is 0.754. The average molecular weight is 271 g/mol. The third-order valence-corrected chi connectivity index (χ3v) is 2.58. The molecular weight excluding hydrogens is 258 g/mol. The first-order valence-electron chi connectivity index (χ1n) is 5.86. The zero-order chi connectivity index (χ0) is 14.4. The summed E-state index contributed by atoms with van der Waals surface area (Å²) >= 11 is 0. The van der Waals surface area contributed by atoms with Crippen LogP contribution in [0.4, 0.5) is 11.4 Å². The molecule has 0 unspecified atom stereocenters. The molecule has 102 valence electrons. The molecule has 0 heterocycles. The lowest BCUT2D eigenvalue weighted by Gasteiger charge is -2.01. The number of hydrogen-bond donors (Lipinski definition) is 1. The summed E-state index contributed by atoms with van der Waals surface area (Å²) in [6.45, 7) is 0. The summed E-state index contributed by atoms with van der Waals surface area (Å²) < 4.78 is 5.11. The van der Waals surface area contributed by atoms with Crippen molar-refractivity contribution in [2.24, 2.45) is 5.10 Å². The van der Waals surface area contributed by atoms with Gasteiger partial charge in [-0.1, -0.05) is 12.1 Å². The number of methoxy groups -OCH3 is 1. The van der Waals surface area contributed by atoms with Crippen molar-refractivity contribution in [3.05, 3.63) is 64.2 Å². The maximum atomic E-state index is 10.5. The fourth-order valence-corrected chi connectivity index (χ4v) is 1.56. The summed E-state index contributed by atoms with van der Waals surface area (Å²) in [6.07, 6.45) is 1.64. The molecular formula is C14H13N3O3. The van der Waals surface area contributed by atoms with Gasteiger partial charge in [0.1, 0.15) is 5.75 Å². The molecule has 2 aromatic rings. The fraction of sp³-hybridized carbons (Fsp3) is 0.0714. The highest BCUT2D eigenvalue weighted by Crippen LogP contribution is 2.15. The molecule has 20 heavy (non-hydrogen) atoms. The highest BCUT2D eigenvalue weighted by atomic mass is 16.6. The Labute approximate surface area is 115 Å². The fourth-order valence-electron chi connectivity index (χ4n) is 1.56. The van der Waals surface area contributed by atoms with Crippen molar-refractivity contribution in [1.82, 2.24) is 0 Å². The molecule has 2 rings (SSSR count). The molecule has 6 heteroatoms. The second-order valence-electron chi connectivity index (χ2n) is 3.95. The van der Waals surface area contributed by atoms with E-state index < -0.39 is 4.92 Å². The Morgan fingerprint density at radius 1 is 1.25 bits per heavy atom. The first kappa shape index (κ1) is 13.5. The van der Waals surface area contributed by atoms with Gasteiger partial charge in [0.2, 0.25) is 0 Å². The van der Waals surface area contributed by atoms with Gasteiger partial charge in [-0.05, 0) is 29.8 Å². The van der Waals surface area contributed by atoms with Crippen LogP contribution in [-0.4, -0.2) is 18.2 Å². The third-order valence-electron chi connectivity index (χ3n) is 2.58. The molecule has 1 N–H and O–H groups in total. The van der Waals surface area contributed by atoms with Crippen LogP contribution in [0.15, 0.2) is 53.6 Å². The van der Waals surface area contributed by atoms with E-state index in [0.29, 0.717) is 5.69 Å². The second kappa shape index (κ2) is 6.33. The number of benzene rings is 2. The minimum atomic E-state index is -0.441. The summed E-state index contributed by atoms with van der Waals surface area (Å²) in [5.41, 5.74) is 4.41. The van der Waals surface area contributed by atoms with E-state index in [1.807, 2.05) is 24.3 Å². The SMILES string of the molecule is COc1cccc(C=NNc2ccc([N+](=O)[O-])cc2)c1. The first-order valence-corrected chi connectivity index (χ1v) is 5.86. The quantitative estimate of drug-likeness (QED) is 0.515. The number of nitrogens with one attached hydrogen (secondary N) is 1. The van der Waals surface area contributed by atoms with Crippen LogP contribution in [-0.2, 0) is 0 Å². The predicted molar refractivity (Wildman–Crippen MR) is 77.3 cm³/mol. The molecule has 0 radical (unpaired) electrons. The van der Waals surface area contributed by atoms with E-state index in [9.17, 15) is 10.1 Å². The Bertz CT molecular complexity index is 624. The van der Waals surface area contributed by atoms with Crippen LogP contribution < -0.4 is 10.2 Å². The van der Waals surface area contributed by atoms with Gasteiger partial charge in [-0.2, -0.15) is 5.10 Å². The number of nitrogens with zero attached hydrogens (tertiary/aromatic N) is 2. The van der Waals surface area contributed by atoms with Gasteiger partial charge in [-0.15, -0.1) is 0 Å². The van der Waals surface area contributed by atoms with Crippen molar-refractivity contribution in [1.29, 1.82) is 0 Å². The van der Waals surface area contributed by atoms with Crippen LogP contribution >= 0.6 is 0 Å². The maximum absolute atomic E-state index is 10.5. The van der Waals surface area contributed by atoms with Gasteiger partial charge >= 0.3 is 0 Å². The van der Waals surface area contributed by atoms with E-state index >= 15 is 0 Å². The Morgan fingerprint density at radius 3 is 2.65 bits per heavy atom. The van der Waals surface area contributed by atoms with E-state index in [1.165, 1.54) is 12.1 Å². The van der Waals surface area contributed by atoms with Gasteiger partial charge < -0.3 is 4.74 Å². The third kappa shape index (κ3) is 3.55. The van der Waals surface area contributed by atoms with E-state index in [1.54, 1.807) is 25.5 Å². The summed E-state index contributed by atoms with van der Waals surface area (Å²) in [4.78, 5) is 10.1. The number of ether oxygens (including phenoxy) is 1. The molecule has 0 aliphatic carbocycles. The summed E-state index contributed by atoms with van der Waals surface area (Å²) in [7, 11) is 1.60. The van der Waals surface area contributed by atoms with Gasteiger partial charge in [-0.25, -0.2) is 0 Å². The number of anilines is 1. The molecule has 0 fully saturated rings. The Balaban J connectivity index is 2.00. The van der Waals surface area contributed by atoms with Crippen LogP contribution in [0.3, 0.4) is 0 Å². The largest absolute Gasteiger partial charge is 0.497 e. The van der Waals surface area contributed by atoms with Gasteiger partial charge in [0.15, 0.2) is 0 Å². The molecule has 6 nitrogen and oxygen atoms in total. The molecule has 0 aliphatic heterocycles. The number of rotatable bonds is 5. The zero-order valence-corrected chi connectivity index (χ0v) is 10.8. The summed E-state index contributed by atoms with van der Waals surface area (Å²) in [6, 6.07) is 13.5. The van der Waals surface area contributed by atoms with Gasteiger partial charge in [0.05, 0.1) is 23.9 Å². The van der Waals surface area contributed by atoms with Crippen LogP contribution in [0.1, 0.15) is 5.56 Å². The van der Waals surface area contributed by atoms with Crippen LogP contribution in [0.2, 0.25) is 0 Å². The summed E-state index contributed by atoms with van der Waals surface area (Å²) in [5, 5.41) is 14.6. The number of hydrogen-bond acceptors (Lipinski definition) is 5. The molecule has 0 bridgehead atoms. The van der Waals surface area contributed by atoms with E-state index in [4.69, 9.17) is 4.74 Å². The predicted octanol–water partition coefficient (Wildman–Crippen LogP) is 3.05. The van der Waals surface area contributed by atoms with Crippen molar-refractivity contribution in [2.45, 2.75) is 0 Å². The number of non-ortho nitro benzene ring substituents is 1. The van der Waals surface area contributed by atoms with Crippen molar-refractivity contribution in [2.75, 3.05) is 12.5 Å². The topological polar surface area (TPSA) is 76.8 Å². The Morgan fingerprint density at radius 2 is 2.00 bits per heavy atom. The van der Waals surface area contributed by atoms with Gasteiger partial charge in [0, 0.05) is 12.1 Å². The van der Waals surface area contributed by atoms with E-state index in [2.05, 4.69) is 10.5 Å². The lowest BCUT2D eigenvalue weighted by molar-refractivity contribution is -0.384. The monoisotopic (exact) mass is 271 g/mol. The molecule has 0 saturated heterocycles. The van der Waals surface area contributed by atoms with E-state index in [0.717, 1.165) is 11.3 Å². The van der Waals surface area contributed by atoms with E-state index in [-0.39, 0.29) is 5.69 Å². The van der Waals surface area contributed by atoms with Crippen molar-refractivity contribution in [3.63, 3.8) is 0 Å². The number of hydrazone groups is 1. The minimum absolute atomic E-state index is 0.0484. The molecule has 2 aromatic carbocycles. The highest BCUT2D eigenvalue weighted by molar-refractivity contribution is 5.80. The minimum Gasteiger partial charge on any atom is -0.497 e. The first-order chi connectivity index (χ1) is 9.69. The standard InChI is InChI=1S/C14H13N3O3/c1-20-14-4-2-3-11(9-14)10-15-16-12-5-7-13(8-6-12)17(18)19/h2-10,16H,1H3.